The quantitative estimate of drug-likeness (QED) is 0.846. The van der Waals surface area contributed by atoms with E-state index in [4.69, 9.17) is 29.2 Å². The maximum absolute atomic E-state index is 5.83. The van der Waals surface area contributed by atoms with Crippen molar-refractivity contribution in [1.82, 2.24) is 5.32 Å². The van der Waals surface area contributed by atoms with E-state index in [1.54, 1.807) is 7.11 Å². The molecule has 1 saturated heterocycles. The number of anilines is 1. The fraction of sp³-hybridized carbons (Fsp3) is 0.222. The minimum Gasteiger partial charge on any atom is -0.497 e. The topological polar surface area (TPSA) is 24.5 Å². The number of nitrogens with one attached hydrogen (secondary N) is 1. The van der Waals surface area contributed by atoms with Crippen LogP contribution in [0, 0.1) is 0 Å². The SMILES string of the molecule is CCC1(c2ccccc2)NC(=S)N(c2cccc(OC)c2)C1=S. The zero-order valence-corrected chi connectivity index (χ0v) is 14.7. The molecule has 1 fully saturated rings. The van der Waals surface area contributed by atoms with Crippen molar-refractivity contribution in [2.24, 2.45) is 0 Å². The average Bonchev–Trinajstić information content (AvgIpc) is 2.87. The van der Waals surface area contributed by atoms with E-state index in [-0.39, 0.29) is 0 Å². The number of hydrogen-bond donors (Lipinski definition) is 1. The Morgan fingerprint density at radius 1 is 1.09 bits per heavy atom. The average molecular weight is 342 g/mol. The van der Waals surface area contributed by atoms with E-state index in [9.17, 15) is 0 Å². The molecular formula is C18H18N2OS2. The number of methoxy groups -OCH3 is 1. The molecule has 1 atom stereocenters. The Morgan fingerprint density at radius 2 is 1.83 bits per heavy atom. The Morgan fingerprint density at radius 3 is 2.48 bits per heavy atom. The van der Waals surface area contributed by atoms with Gasteiger partial charge < -0.3 is 10.1 Å². The van der Waals surface area contributed by atoms with Gasteiger partial charge in [0, 0.05) is 6.07 Å². The molecule has 2 aromatic rings. The van der Waals surface area contributed by atoms with Crippen molar-refractivity contribution in [3.8, 4) is 5.75 Å². The van der Waals surface area contributed by atoms with Crippen LogP contribution in [0.5, 0.6) is 5.75 Å². The Bertz CT molecular complexity index is 748. The van der Waals surface area contributed by atoms with Gasteiger partial charge in [-0.1, -0.05) is 55.5 Å². The summed E-state index contributed by atoms with van der Waals surface area (Å²) >= 11 is 11.4. The van der Waals surface area contributed by atoms with Crippen LogP contribution in [0.3, 0.4) is 0 Å². The maximum atomic E-state index is 5.83. The van der Waals surface area contributed by atoms with E-state index in [1.807, 2.05) is 47.4 Å². The molecule has 0 aliphatic carbocycles. The van der Waals surface area contributed by atoms with Gasteiger partial charge in [0.1, 0.15) is 16.3 Å². The molecule has 1 aliphatic rings. The Kier molecular flexibility index (Phi) is 4.33. The highest BCUT2D eigenvalue weighted by Gasteiger charge is 2.46. The predicted octanol–water partition coefficient (Wildman–Crippen LogP) is 4.02. The Balaban J connectivity index is 2.05. The molecule has 0 amide bonds. The van der Waals surface area contributed by atoms with Crippen molar-refractivity contribution in [3.63, 3.8) is 0 Å². The molecule has 1 heterocycles. The summed E-state index contributed by atoms with van der Waals surface area (Å²) in [6.45, 7) is 2.12. The molecule has 3 rings (SSSR count). The molecule has 0 spiro atoms. The van der Waals surface area contributed by atoms with Crippen LogP contribution in [0.4, 0.5) is 5.69 Å². The first-order chi connectivity index (χ1) is 11.1. The molecule has 23 heavy (non-hydrogen) atoms. The summed E-state index contributed by atoms with van der Waals surface area (Å²) in [5.41, 5.74) is 1.59. The van der Waals surface area contributed by atoms with E-state index in [1.165, 1.54) is 0 Å². The standard InChI is InChI=1S/C18H18N2OS2/c1-3-18(13-8-5-4-6-9-13)16(22)20(17(23)19-18)14-10-7-11-15(12-14)21-2/h4-12H,3H2,1-2H3,(H,19,23). The monoisotopic (exact) mass is 342 g/mol. The summed E-state index contributed by atoms with van der Waals surface area (Å²) in [4.78, 5) is 2.69. The molecule has 1 N–H and O–H groups in total. The minimum atomic E-state index is -0.448. The summed E-state index contributed by atoms with van der Waals surface area (Å²) in [5.74, 6) is 0.779. The number of rotatable bonds is 4. The van der Waals surface area contributed by atoms with Gasteiger partial charge in [-0.3, -0.25) is 4.90 Å². The molecule has 0 radical (unpaired) electrons. The van der Waals surface area contributed by atoms with Gasteiger partial charge >= 0.3 is 0 Å². The van der Waals surface area contributed by atoms with Crippen molar-refractivity contribution in [1.29, 1.82) is 0 Å². The second kappa shape index (κ2) is 6.26. The minimum absolute atomic E-state index is 0.448. The number of nitrogens with zero attached hydrogens (tertiary/aromatic N) is 1. The first-order valence-electron chi connectivity index (χ1n) is 7.48. The second-order valence-electron chi connectivity index (χ2n) is 5.40. The van der Waals surface area contributed by atoms with Crippen molar-refractivity contribution < 1.29 is 4.74 Å². The third-order valence-corrected chi connectivity index (χ3v) is 5.02. The normalized spacial score (nSPS) is 20.5. The molecule has 0 aromatic heterocycles. The lowest BCUT2D eigenvalue weighted by atomic mass is 9.88. The fourth-order valence-corrected chi connectivity index (χ4v) is 3.86. The largest absolute Gasteiger partial charge is 0.497 e. The molecule has 0 bridgehead atoms. The van der Waals surface area contributed by atoms with Crippen molar-refractivity contribution in [2.45, 2.75) is 18.9 Å². The van der Waals surface area contributed by atoms with Gasteiger partial charge in [-0.2, -0.15) is 0 Å². The molecule has 5 heteroatoms. The van der Waals surface area contributed by atoms with Crippen LogP contribution in [-0.4, -0.2) is 17.2 Å². The van der Waals surface area contributed by atoms with Gasteiger partial charge in [0.15, 0.2) is 5.11 Å². The smallest absolute Gasteiger partial charge is 0.179 e. The van der Waals surface area contributed by atoms with Gasteiger partial charge in [0.2, 0.25) is 0 Å². The van der Waals surface area contributed by atoms with Crippen LogP contribution in [0.25, 0.3) is 0 Å². The first kappa shape index (κ1) is 15.9. The molecular weight excluding hydrogens is 324 g/mol. The van der Waals surface area contributed by atoms with Crippen LogP contribution in [0.1, 0.15) is 18.9 Å². The molecule has 118 valence electrons. The van der Waals surface area contributed by atoms with Crippen molar-refractivity contribution in [3.05, 3.63) is 60.2 Å². The van der Waals surface area contributed by atoms with Crippen molar-refractivity contribution >= 4 is 40.2 Å². The zero-order chi connectivity index (χ0) is 16.4. The number of benzene rings is 2. The van der Waals surface area contributed by atoms with Gasteiger partial charge in [-0.25, -0.2) is 0 Å². The highest BCUT2D eigenvalue weighted by atomic mass is 32.1. The van der Waals surface area contributed by atoms with Gasteiger partial charge in [0.05, 0.1) is 12.8 Å². The zero-order valence-electron chi connectivity index (χ0n) is 13.1. The van der Waals surface area contributed by atoms with Crippen LogP contribution >= 0.6 is 24.4 Å². The number of hydrogen-bond acceptors (Lipinski definition) is 3. The van der Waals surface area contributed by atoms with Crippen LogP contribution in [0.15, 0.2) is 54.6 Å². The van der Waals surface area contributed by atoms with Crippen LogP contribution < -0.4 is 15.0 Å². The van der Waals surface area contributed by atoms with E-state index >= 15 is 0 Å². The molecule has 1 aliphatic heterocycles. The molecule has 2 aromatic carbocycles. The summed E-state index contributed by atoms with van der Waals surface area (Å²) in [7, 11) is 1.65. The number of thiocarbonyl (C=S) groups is 2. The maximum Gasteiger partial charge on any atom is 0.179 e. The lowest BCUT2D eigenvalue weighted by Crippen LogP contribution is -2.42. The van der Waals surface area contributed by atoms with E-state index in [2.05, 4.69) is 24.4 Å². The highest BCUT2D eigenvalue weighted by Crippen LogP contribution is 2.36. The number of ether oxygens (including phenoxy) is 1. The fourth-order valence-electron chi connectivity index (χ4n) is 2.92. The summed E-state index contributed by atoms with van der Waals surface area (Å²) in [6.07, 6.45) is 0.816. The van der Waals surface area contributed by atoms with Crippen molar-refractivity contribution in [2.75, 3.05) is 12.0 Å². The third-order valence-electron chi connectivity index (χ3n) is 4.20. The Labute approximate surface area is 147 Å². The van der Waals surface area contributed by atoms with E-state index < -0.39 is 5.54 Å². The second-order valence-corrected chi connectivity index (χ2v) is 6.17. The van der Waals surface area contributed by atoms with Crippen LogP contribution in [0.2, 0.25) is 0 Å². The van der Waals surface area contributed by atoms with Gasteiger partial charge in [0.25, 0.3) is 0 Å². The lowest BCUT2D eigenvalue weighted by molar-refractivity contribution is 0.415. The van der Waals surface area contributed by atoms with E-state index in [0.717, 1.165) is 28.4 Å². The van der Waals surface area contributed by atoms with Gasteiger partial charge in [-0.05, 0) is 36.3 Å². The van der Waals surface area contributed by atoms with Gasteiger partial charge in [-0.15, -0.1) is 0 Å². The highest BCUT2D eigenvalue weighted by molar-refractivity contribution is 7.83. The van der Waals surface area contributed by atoms with E-state index in [0.29, 0.717) is 5.11 Å². The summed E-state index contributed by atoms with van der Waals surface area (Å²) in [5, 5.41) is 4.06. The molecule has 3 nitrogen and oxygen atoms in total. The third kappa shape index (κ3) is 2.60. The van der Waals surface area contributed by atoms with Crippen LogP contribution in [-0.2, 0) is 5.54 Å². The molecule has 0 saturated carbocycles. The molecule has 1 unspecified atom stereocenters. The lowest BCUT2D eigenvalue weighted by Gasteiger charge is -2.29. The predicted molar refractivity (Wildman–Crippen MR) is 102 cm³/mol. The summed E-state index contributed by atoms with van der Waals surface area (Å²) < 4.78 is 5.31. The Hall–Kier alpha value is -1.98. The summed E-state index contributed by atoms with van der Waals surface area (Å²) in [6, 6.07) is 18.0. The first-order valence-corrected chi connectivity index (χ1v) is 8.30.